The van der Waals surface area contributed by atoms with Crippen molar-refractivity contribution in [2.75, 3.05) is 25.8 Å². The number of rotatable bonds is 8. The Balaban J connectivity index is 1.50. The Bertz CT molecular complexity index is 954. The zero-order chi connectivity index (χ0) is 21.3. The second-order valence-corrected chi connectivity index (χ2v) is 7.47. The molecule has 2 aromatic carbocycles. The highest BCUT2D eigenvalue weighted by atomic mass is 16.5. The summed E-state index contributed by atoms with van der Waals surface area (Å²) < 4.78 is 10.3. The normalized spacial score (nSPS) is 17.5. The van der Waals surface area contributed by atoms with Gasteiger partial charge < -0.3 is 14.4 Å². The summed E-state index contributed by atoms with van der Waals surface area (Å²) in [6.07, 6.45) is 2.08. The molecule has 1 heterocycles. The molecule has 2 fully saturated rings. The maximum Gasteiger partial charge on any atom is 0.343 e. The Morgan fingerprint density at radius 3 is 1.97 bits per heavy atom. The number of benzene rings is 2. The van der Waals surface area contributed by atoms with Crippen LogP contribution in [-0.4, -0.2) is 49.7 Å². The van der Waals surface area contributed by atoms with Crippen LogP contribution in [-0.2, 0) is 16.1 Å². The molecule has 8 heteroatoms. The van der Waals surface area contributed by atoms with Gasteiger partial charge in [0.1, 0.15) is 18.0 Å². The highest BCUT2D eigenvalue weighted by Crippen LogP contribution is 2.24. The molecule has 1 atom stereocenters. The minimum Gasteiger partial charge on any atom is -0.497 e. The van der Waals surface area contributed by atoms with Gasteiger partial charge in [-0.05, 0) is 48.5 Å². The average Bonchev–Trinajstić information content (AvgIpc) is 3.59. The third-order valence-electron chi connectivity index (χ3n) is 5.49. The lowest BCUT2D eigenvalue weighted by Gasteiger charge is -2.23. The molecule has 4 amide bonds. The molecule has 0 radical (unpaired) electrons. The summed E-state index contributed by atoms with van der Waals surface area (Å²) in [5.74, 6) is -0.240. The van der Waals surface area contributed by atoms with Crippen molar-refractivity contribution in [2.45, 2.75) is 25.4 Å². The number of nitrogens with zero attached hydrogens (tertiary/aromatic N) is 2. The third kappa shape index (κ3) is 3.86. The van der Waals surface area contributed by atoms with E-state index < -0.39 is 17.8 Å². The molecule has 1 aliphatic carbocycles. The van der Waals surface area contributed by atoms with Crippen LogP contribution in [0.3, 0.4) is 0 Å². The van der Waals surface area contributed by atoms with Gasteiger partial charge in [0.25, 0.3) is 0 Å². The number of amides is 4. The van der Waals surface area contributed by atoms with Crippen molar-refractivity contribution in [3.63, 3.8) is 0 Å². The molecule has 8 nitrogen and oxygen atoms in total. The van der Waals surface area contributed by atoms with Crippen molar-refractivity contribution in [1.29, 1.82) is 0 Å². The molecule has 156 valence electrons. The van der Waals surface area contributed by atoms with Gasteiger partial charge in [0.2, 0.25) is 0 Å². The summed E-state index contributed by atoms with van der Waals surface area (Å²) >= 11 is 0. The number of anilines is 1. The molecule has 0 bridgehead atoms. The van der Waals surface area contributed by atoms with E-state index in [1.165, 1.54) is 7.11 Å². The van der Waals surface area contributed by atoms with Crippen LogP contribution in [0, 0.1) is 0 Å². The van der Waals surface area contributed by atoms with Crippen LogP contribution in [0.2, 0.25) is 0 Å². The van der Waals surface area contributed by atoms with Gasteiger partial charge in [0, 0.05) is 18.4 Å². The molecule has 0 spiro atoms. The van der Waals surface area contributed by atoms with Crippen LogP contribution in [0.1, 0.15) is 18.4 Å². The number of hydrogen-bond donors (Lipinski definition) is 1. The lowest BCUT2D eigenvalue weighted by Crippen LogP contribution is -3.13. The molecule has 1 N–H and O–H groups in total. The molecule has 4 rings (SSSR count). The van der Waals surface area contributed by atoms with E-state index >= 15 is 0 Å². The quantitative estimate of drug-likeness (QED) is 0.523. The Labute approximate surface area is 174 Å². The summed E-state index contributed by atoms with van der Waals surface area (Å²) in [5.41, 5.74) is 1.43. The maximum atomic E-state index is 12.9. The van der Waals surface area contributed by atoms with Gasteiger partial charge >= 0.3 is 17.8 Å². The summed E-state index contributed by atoms with van der Waals surface area (Å²) in [6.45, 7) is 0.815. The predicted molar refractivity (Wildman–Crippen MR) is 108 cm³/mol. The SMILES string of the molecule is COc1ccc(C[NH+](CN2C(=O)C(=O)N(c3ccc(OC)cc3)C2=O)C2CC2)cc1. The van der Waals surface area contributed by atoms with Crippen LogP contribution < -0.4 is 19.3 Å². The monoisotopic (exact) mass is 410 g/mol. The minimum atomic E-state index is -0.829. The Hall–Kier alpha value is -3.39. The number of carbonyl (C=O) groups is 3. The standard InChI is InChI=1S/C22H23N3O5/c1-29-18-9-3-15(4-10-18)13-23(16-5-6-16)14-24-20(26)21(27)25(22(24)28)17-7-11-19(30-2)12-8-17/h3-4,7-12,16H,5-6,13-14H2,1-2H3/p+1. The molecule has 1 unspecified atom stereocenters. The Kier molecular flexibility index (Phi) is 5.41. The predicted octanol–water partition coefficient (Wildman–Crippen LogP) is 1.20. The molecule has 1 saturated carbocycles. The van der Waals surface area contributed by atoms with Crippen LogP contribution in [0.25, 0.3) is 0 Å². The van der Waals surface area contributed by atoms with Crippen molar-refractivity contribution in [3.05, 3.63) is 54.1 Å². The van der Waals surface area contributed by atoms with Crippen molar-refractivity contribution in [3.8, 4) is 11.5 Å². The lowest BCUT2D eigenvalue weighted by molar-refractivity contribution is -0.931. The third-order valence-corrected chi connectivity index (χ3v) is 5.49. The van der Waals surface area contributed by atoms with E-state index in [1.54, 1.807) is 31.4 Å². The van der Waals surface area contributed by atoms with Crippen molar-refractivity contribution in [2.24, 2.45) is 0 Å². The van der Waals surface area contributed by atoms with Gasteiger partial charge in [-0.1, -0.05) is 0 Å². The van der Waals surface area contributed by atoms with Crippen molar-refractivity contribution >= 4 is 23.5 Å². The number of ether oxygens (including phenoxy) is 2. The van der Waals surface area contributed by atoms with E-state index in [-0.39, 0.29) is 6.67 Å². The summed E-state index contributed by atoms with van der Waals surface area (Å²) in [5, 5.41) is 0. The first-order valence-corrected chi connectivity index (χ1v) is 9.83. The largest absolute Gasteiger partial charge is 0.497 e. The second kappa shape index (κ2) is 8.16. The molecular formula is C22H24N3O5+. The fourth-order valence-electron chi connectivity index (χ4n) is 3.63. The smallest absolute Gasteiger partial charge is 0.343 e. The molecular weight excluding hydrogens is 386 g/mol. The maximum absolute atomic E-state index is 12.9. The molecule has 30 heavy (non-hydrogen) atoms. The topological polar surface area (TPSA) is 80.6 Å². The van der Waals surface area contributed by atoms with Gasteiger partial charge in [0.15, 0.2) is 6.67 Å². The number of imide groups is 2. The van der Waals surface area contributed by atoms with Gasteiger partial charge in [0.05, 0.1) is 25.9 Å². The number of carbonyl (C=O) groups excluding carboxylic acids is 3. The van der Waals surface area contributed by atoms with Gasteiger partial charge in [-0.3, -0.25) is 9.59 Å². The van der Waals surface area contributed by atoms with Crippen molar-refractivity contribution in [1.82, 2.24) is 4.90 Å². The number of quaternary nitrogens is 1. The first-order chi connectivity index (χ1) is 14.5. The fourth-order valence-corrected chi connectivity index (χ4v) is 3.63. The van der Waals surface area contributed by atoms with E-state index in [1.807, 2.05) is 24.3 Å². The summed E-state index contributed by atoms with van der Waals surface area (Å²) in [4.78, 5) is 41.2. The minimum absolute atomic E-state index is 0.159. The lowest BCUT2D eigenvalue weighted by atomic mass is 10.2. The number of hydrogen-bond acceptors (Lipinski definition) is 5. The number of methoxy groups -OCH3 is 2. The molecule has 0 aromatic heterocycles. The van der Waals surface area contributed by atoms with Crippen LogP contribution in [0.15, 0.2) is 48.5 Å². The highest BCUT2D eigenvalue weighted by Gasteiger charge is 2.48. The van der Waals surface area contributed by atoms with Gasteiger partial charge in [-0.25, -0.2) is 14.6 Å². The zero-order valence-electron chi connectivity index (χ0n) is 17.0. The molecule has 2 aromatic rings. The fraction of sp³-hybridized carbons (Fsp3) is 0.318. The zero-order valence-corrected chi connectivity index (χ0v) is 17.0. The number of nitrogens with one attached hydrogen (secondary N) is 1. The molecule has 1 aliphatic heterocycles. The Morgan fingerprint density at radius 1 is 0.867 bits per heavy atom. The first-order valence-electron chi connectivity index (χ1n) is 9.83. The molecule has 1 saturated heterocycles. The average molecular weight is 410 g/mol. The van der Waals surface area contributed by atoms with E-state index in [4.69, 9.17) is 9.47 Å². The summed E-state index contributed by atoms with van der Waals surface area (Å²) in [7, 11) is 3.15. The van der Waals surface area contributed by atoms with Crippen LogP contribution >= 0.6 is 0 Å². The number of urea groups is 1. The Morgan fingerprint density at radius 2 is 1.43 bits per heavy atom. The van der Waals surface area contributed by atoms with E-state index in [9.17, 15) is 14.4 Å². The second-order valence-electron chi connectivity index (χ2n) is 7.47. The van der Waals surface area contributed by atoms with E-state index in [0.29, 0.717) is 24.0 Å². The first kappa shape index (κ1) is 19.9. The summed E-state index contributed by atoms with van der Waals surface area (Å²) in [6, 6.07) is 14.0. The van der Waals surface area contributed by atoms with Crippen LogP contribution in [0.4, 0.5) is 10.5 Å². The highest BCUT2D eigenvalue weighted by molar-refractivity contribution is 6.52. The van der Waals surface area contributed by atoms with E-state index in [0.717, 1.165) is 38.9 Å². The van der Waals surface area contributed by atoms with E-state index in [2.05, 4.69) is 0 Å². The van der Waals surface area contributed by atoms with Crippen molar-refractivity contribution < 1.29 is 28.8 Å². The molecule has 2 aliphatic rings. The van der Waals surface area contributed by atoms with Crippen LogP contribution in [0.5, 0.6) is 11.5 Å². The van der Waals surface area contributed by atoms with Gasteiger partial charge in [-0.15, -0.1) is 0 Å². The van der Waals surface area contributed by atoms with Gasteiger partial charge in [-0.2, -0.15) is 0 Å².